The summed E-state index contributed by atoms with van der Waals surface area (Å²) in [6.07, 6.45) is 10.4. The molecule has 3 rings (SSSR count). The molecule has 0 radical (unpaired) electrons. The van der Waals surface area contributed by atoms with Gasteiger partial charge in [0, 0.05) is 12.4 Å². The molecule has 0 amide bonds. The Kier molecular flexibility index (Phi) is 6.36. The van der Waals surface area contributed by atoms with Crippen LogP contribution in [-0.4, -0.2) is 12.4 Å². The van der Waals surface area contributed by atoms with Crippen LogP contribution in [0, 0.1) is 0 Å². The Morgan fingerprint density at radius 1 is 0.609 bits per heavy atom. The minimum absolute atomic E-state index is 0. The van der Waals surface area contributed by atoms with Crippen molar-refractivity contribution in [3.05, 3.63) is 83.7 Å². The molecule has 4 nitrogen and oxygen atoms in total. The Morgan fingerprint density at radius 3 is 1.52 bits per heavy atom. The van der Waals surface area contributed by atoms with Crippen LogP contribution in [0.4, 0.5) is 22.7 Å². The third-order valence-corrected chi connectivity index (χ3v) is 2.96. The number of hydrogen-bond donors (Lipinski definition) is 0. The van der Waals surface area contributed by atoms with Gasteiger partial charge in [-0.05, 0) is 12.1 Å². The van der Waals surface area contributed by atoms with E-state index in [0.717, 1.165) is 22.7 Å². The van der Waals surface area contributed by atoms with Crippen LogP contribution in [0.5, 0.6) is 0 Å². The van der Waals surface area contributed by atoms with E-state index in [1.165, 1.54) is 0 Å². The van der Waals surface area contributed by atoms with Crippen LogP contribution in [0.2, 0.25) is 0 Å². The summed E-state index contributed by atoms with van der Waals surface area (Å²) in [5.41, 5.74) is 3.25. The van der Waals surface area contributed by atoms with Crippen LogP contribution >= 0.6 is 0 Å². The van der Waals surface area contributed by atoms with E-state index in [2.05, 4.69) is 20.6 Å². The number of nitrogens with zero attached hydrogens (tertiary/aromatic N) is 4. The summed E-state index contributed by atoms with van der Waals surface area (Å²) in [7, 11) is 0. The van der Waals surface area contributed by atoms with Crippen LogP contribution in [-0.2, 0) is 17.1 Å². The van der Waals surface area contributed by atoms with Crippen LogP contribution in [0.15, 0.2) is 83.1 Å². The van der Waals surface area contributed by atoms with Crippen molar-refractivity contribution >= 4 is 35.2 Å². The number of rotatable bonds is 0. The fourth-order valence-corrected chi connectivity index (χ4v) is 1.94. The van der Waals surface area contributed by atoms with Gasteiger partial charge in [0.25, 0.3) is 0 Å². The van der Waals surface area contributed by atoms with Crippen molar-refractivity contribution in [1.29, 1.82) is 0 Å². The summed E-state index contributed by atoms with van der Waals surface area (Å²) in [5, 5.41) is 8.80. The van der Waals surface area contributed by atoms with Gasteiger partial charge in [-0.3, -0.25) is 9.98 Å². The molecule has 0 fully saturated rings. The molecule has 1 heterocycles. The average Bonchev–Trinajstić information content (AvgIpc) is 2.56. The number of benzene rings is 2. The molecule has 0 aliphatic carbocycles. The number of aliphatic imine (C=N–C) groups is 2. The van der Waals surface area contributed by atoms with Crippen LogP contribution < -0.4 is 0 Å². The summed E-state index contributed by atoms with van der Waals surface area (Å²) in [5.74, 6) is 0. The maximum absolute atomic E-state index is 4.40. The van der Waals surface area contributed by atoms with E-state index in [0.29, 0.717) is 0 Å². The third kappa shape index (κ3) is 4.68. The SMILES string of the molecule is C1=C[N-]c2ccccc2[N-]C=CC=Nc2ccccc2N=C1.[Fe+2]. The Hall–Kier alpha value is -2.62. The van der Waals surface area contributed by atoms with Gasteiger partial charge in [0.2, 0.25) is 0 Å². The van der Waals surface area contributed by atoms with Gasteiger partial charge in [-0.15, -0.1) is 0 Å². The molecule has 114 valence electrons. The van der Waals surface area contributed by atoms with Crippen molar-refractivity contribution in [3.63, 3.8) is 0 Å². The molecule has 0 bridgehead atoms. The van der Waals surface area contributed by atoms with Gasteiger partial charge >= 0.3 is 17.1 Å². The van der Waals surface area contributed by atoms with Crippen molar-refractivity contribution in [3.8, 4) is 0 Å². The second-order valence-corrected chi connectivity index (χ2v) is 4.48. The molecule has 0 spiro atoms. The molecular weight excluding hydrogens is 328 g/mol. The fourth-order valence-electron chi connectivity index (χ4n) is 1.94. The second kappa shape index (κ2) is 8.73. The Bertz CT molecular complexity index is 699. The summed E-state index contributed by atoms with van der Waals surface area (Å²) in [6, 6.07) is 15.4. The molecule has 5 heteroatoms. The number of fused-ring (bicyclic) bond motifs is 2. The first kappa shape index (κ1) is 16.7. The molecule has 2 aromatic rings. The van der Waals surface area contributed by atoms with E-state index in [1.807, 2.05) is 48.5 Å². The molecule has 0 atom stereocenters. The van der Waals surface area contributed by atoms with E-state index in [-0.39, 0.29) is 17.1 Å². The Labute approximate surface area is 146 Å². The number of para-hydroxylation sites is 4. The van der Waals surface area contributed by atoms with Crippen molar-refractivity contribution in [2.45, 2.75) is 0 Å². The molecule has 0 aromatic heterocycles. The summed E-state index contributed by atoms with van der Waals surface area (Å²) < 4.78 is 0. The molecule has 23 heavy (non-hydrogen) atoms. The van der Waals surface area contributed by atoms with Crippen LogP contribution in [0.1, 0.15) is 0 Å². The van der Waals surface area contributed by atoms with Crippen molar-refractivity contribution in [1.82, 2.24) is 0 Å². The quantitative estimate of drug-likeness (QED) is 0.540. The molecule has 0 saturated carbocycles. The van der Waals surface area contributed by atoms with Crippen molar-refractivity contribution in [2.75, 3.05) is 0 Å². The fraction of sp³-hybridized carbons (Fsp3) is 0. The van der Waals surface area contributed by atoms with Gasteiger partial charge in [0.15, 0.2) is 0 Å². The normalized spacial score (nSPS) is 12.9. The zero-order valence-electron chi connectivity index (χ0n) is 12.2. The standard InChI is InChI=1S/C18H14N4.Fe/c1-2-8-16-15(7-1)19-11-5-13-21-17-9-3-4-10-18(17)22-14-6-12-20-16;/h1-14H;/q-2;+2. The van der Waals surface area contributed by atoms with Gasteiger partial charge in [0.05, 0.1) is 11.4 Å². The van der Waals surface area contributed by atoms with Gasteiger partial charge in [0.1, 0.15) is 0 Å². The molecule has 2 aromatic carbocycles. The molecule has 0 saturated heterocycles. The predicted molar refractivity (Wildman–Crippen MR) is 93.5 cm³/mol. The van der Waals surface area contributed by atoms with Gasteiger partial charge in [-0.1, -0.05) is 48.6 Å². The average molecular weight is 342 g/mol. The minimum Gasteiger partial charge on any atom is -0.665 e. The Balaban J connectivity index is 0.00000192. The van der Waals surface area contributed by atoms with E-state index in [1.54, 1.807) is 37.0 Å². The van der Waals surface area contributed by atoms with E-state index in [4.69, 9.17) is 0 Å². The number of hydrogen-bond acceptors (Lipinski definition) is 2. The smallest absolute Gasteiger partial charge is 0.665 e. The van der Waals surface area contributed by atoms with Crippen molar-refractivity contribution in [2.24, 2.45) is 9.98 Å². The van der Waals surface area contributed by atoms with Gasteiger partial charge in [-0.25, -0.2) is 0 Å². The molecule has 1 aliphatic rings. The Morgan fingerprint density at radius 2 is 1.04 bits per heavy atom. The topological polar surface area (TPSA) is 52.9 Å². The van der Waals surface area contributed by atoms with E-state index < -0.39 is 0 Å². The molecule has 0 unspecified atom stereocenters. The number of allylic oxidation sites excluding steroid dienone is 2. The second-order valence-electron chi connectivity index (χ2n) is 4.48. The summed E-state index contributed by atoms with van der Waals surface area (Å²) >= 11 is 0. The molecule has 1 aliphatic heterocycles. The zero-order chi connectivity index (χ0) is 15.0. The van der Waals surface area contributed by atoms with Crippen LogP contribution in [0.25, 0.3) is 10.6 Å². The third-order valence-electron chi connectivity index (χ3n) is 2.96. The first-order chi connectivity index (χ1) is 10.9. The monoisotopic (exact) mass is 342 g/mol. The van der Waals surface area contributed by atoms with Crippen molar-refractivity contribution < 1.29 is 17.1 Å². The first-order valence-electron chi connectivity index (χ1n) is 6.92. The van der Waals surface area contributed by atoms with E-state index >= 15 is 0 Å². The predicted octanol–water partition coefficient (Wildman–Crippen LogP) is 5.84. The molecule has 0 N–H and O–H groups in total. The first-order valence-corrected chi connectivity index (χ1v) is 6.92. The molecular formula is C18H14FeN4. The summed E-state index contributed by atoms with van der Waals surface area (Å²) in [6.45, 7) is 0. The van der Waals surface area contributed by atoms with Crippen LogP contribution in [0.3, 0.4) is 0 Å². The van der Waals surface area contributed by atoms with E-state index in [9.17, 15) is 0 Å². The van der Waals surface area contributed by atoms with Gasteiger partial charge < -0.3 is 10.6 Å². The largest absolute Gasteiger partial charge is 2.00 e. The maximum Gasteiger partial charge on any atom is 2.00 e. The maximum atomic E-state index is 4.40. The summed E-state index contributed by atoms with van der Waals surface area (Å²) in [4.78, 5) is 8.80. The van der Waals surface area contributed by atoms with Gasteiger partial charge in [-0.2, -0.15) is 23.8 Å². The zero-order valence-corrected chi connectivity index (χ0v) is 13.3. The minimum atomic E-state index is 0.